The number of thiazole rings is 1. The number of nitrogens with zero attached hydrogens (tertiary/aromatic N) is 2. The van der Waals surface area contributed by atoms with E-state index >= 15 is 0 Å². The van der Waals surface area contributed by atoms with E-state index in [1.54, 1.807) is 0 Å². The first-order valence-corrected chi connectivity index (χ1v) is 8.29. The second kappa shape index (κ2) is 7.06. The first-order chi connectivity index (χ1) is 11.9. The molecule has 2 aromatic carbocycles. The first-order valence-electron chi connectivity index (χ1n) is 7.41. The minimum atomic E-state index is -4.33. The number of nitrogens with one attached hydrogen (secondary N) is 1. The monoisotopic (exact) mass is 361 g/mol. The molecule has 0 aliphatic carbocycles. The Bertz CT molecular complexity index is 866. The van der Waals surface area contributed by atoms with E-state index in [1.165, 1.54) is 35.2 Å². The van der Waals surface area contributed by atoms with Crippen molar-refractivity contribution in [3.8, 4) is 11.3 Å². The van der Waals surface area contributed by atoms with Crippen LogP contribution < -0.4 is 5.43 Å². The van der Waals surface area contributed by atoms with Crippen molar-refractivity contribution in [2.45, 2.75) is 13.1 Å². The van der Waals surface area contributed by atoms with Gasteiger partial charge >= 0.3 is 6.18 Å². The molecule has 0 amide bonds. The van der Waals surface area contributed by atoms with E-state index in [0.29, 0.717) is 10.7 Å². The largest absolute Gasteiger partial charge is 0.416 e. The van der Waals surface area contributed by atoms with Crippen LogP contribution in [0.4, 0.5) is 18.3 Å². The van der Waals surface area contributed by atoms with Crippen LogP contribution in [0.1, 0.15) is 16.7 Å². The number of aryl methyl sites for hydroxylation is 1. The maximum absolute atomic E-state index is 12.5. The van der Waals surface area contributed by atoms with Gasteiger partial charge in [0.1, 0.15) is 0 Å². The first kappa shape index (κ1) is 17.2. The molecule has 0 saturated carbocycles. The van der Waals surface area contributed by atoms with E-state index in [-0.39, 0.29) is 0 Å². The van der Waals surface area contributed by atoms with E-state index < -0.39 is 11.7 Å². The zero-order valence-electron chi connectivity index (χ0n) is 13.2. The Labute approximate surface area is 146 Å². The van der Waals surface area contributed by atoms with E-state index in [1.807, 2.05) is 36.6 Å². The van der Waals surface area contributed by atoms with E-state index in [9.17, 15) is 13.2 Å². The molecule has 0 radical (unpaired) electrons. The summed E-state index contributed by atoms with van der Waals surface area (Å²) < 4.78 is 37.5. The fraction of sp³-hybridized carbons (Fsp3) is 0.111. The van der Waals surface area contributed by atoms with Crippen LogP contribution in [-0.2, 0) is 6.18 Å². The third-order valence-electron chi connectivity index (χ3n) is 3.46. The van der Waals surface area contributed by atoms with Gasteiger partial charge in [0, 0.05) is 10.9 Å². The van der Waals surface area contributed by atoms with Gasteiger partial charge in [-0.15, -0.1) is 11.3 Å². The molecule has 0 spiro atoms. The zero-order valence-corrected chi connectivity index (χ0v) is 14.0. The van der Waals surface area contributed by atoms with Crippen molar-refractivity contribution in [2.75, 3.05) is 5.43 Å². The van der Waals surface area contributed by atoms with Crippen molar-refractivity contribution in [1.29, 1.82) is 0 Å². The van der Waals surface area contributed by atoms with Crippen molar-refractivity contribution >= 4 is 22.7 Å². The van der Waals surface area contributed by atoms with Crippen LogP contribution in [0, 0.1) is 6.92 Å². The maximum Gasteiger partial charge on any atom is 0.416 e. The number of halogens is 3. The Morgan fingerprint density at radius 1 is 1.04 bits per heavy atom. The number of anilines is 1. The molecule has 0 fully saturated rings. The molecule has 1 N–H and O–H groups in total. The zero-order chi connectivity index (χ0) is 17.9. The van der Waals surface area contributed by atoms with E-state index in [4.69, 9.17) is 0 Å². The molecule has 3 rings (SSSR count). The molecule has 3 aromatic rings. The highest BCUT2D eigenvalue weighted by molar-refractivity contribution is 7.14. The summed E-state index contributed by atoms with van der Waals surface area (Å²) in [6.07, 6.45) is -2.88. The van der Waals surface area contributed by atoms with Crippen LogP contribution in [-0.4, -0.2) is 11.2 Å². The van der Waals surface area contributed by atoms with Gasteiger partial charge in [0.05, 0.1) is 17.5 Å². The van der Waals surface area contributed by atoms with Gasteiger partial charge in [0.2, 0.25) is 5.13 Å². The molecule has 0 unspecified atom stereocenters. The van der Waals surface area contributed by atoms with Gasteiger partial charge < -0.3 is 0 Å². The van der Waals surface area contributed by atoms with Gasteiger partial charge in [-0.1, -0.05) is 42.0 Å². The van der Waals surface area contributed by atoms with Gasteiger partial charge in [-0.2, -0.15) is 18.3 Å². The number of alkyl halides is 3. The summed E-state index contributed by atoms with van der Waals surface area (Å²) in [6.45, 7) is 2.02. The molecule has 1 heterocycles. The van der Waals surface area contributed by atoms with Crippen LogP contribution >= 0.6 is 11.3 Å². The molecule has 128 valence electrons. The highest BCUT2D eigenvalue weighted by Gasteiger charge is 2.29. The van der Waals surface area contributed by atoms with Crippen LogP contribution in [0.2, 0.25) is 0 Å². The maximum atomic E-state index is 12.5. The van der Waals surface area contributed by atoms with Gasteiger partial charge in [0.25, 0.3) is 0 Å². The highest BCUT2D eigenvalue weighted by Crippen LogP contribution is 2.29. The lowest BCUT2D eigenvalue weighted by molar-refractivity contribution is -0.137. The number of hydrazone groups is 1. The van der Waals surface area contributed by atoms with Crippen molar-refractivity contribution in [2.24, 2.45) is 5.10 Å². The SMILES string of the molecule is Cc1ccc(-c2csc(NN=Cc3ccc(C(F)(F)F)cc3)n2)cc1. The quantitative estimate of drug-likeness (QED) is 0.486. The average molecular weight is 361 g/mol. The molecule has 0 aliphatic rings. The summed E-state index contributed by atoms with van der Waals surface area (Å²) in [6, 6.07) is 12.8. The smallest absolute Gasteiger partial charge is 0.253 e. The van der Waals surface area contributed by atoms with E-state index in [0.717, 1.165) is 23.4 Å². The van der Waals surface area contributed by atoms with Crippen molar-refractivity contribution < 1.29 is 13.2 Å². The number of benzene rings is 2. The molecule has 0 aliphatic heterocycles. The van der Waals surface area contributed by atoms with Crippen molar-refractivity contribution in [3.05, 3.63) is 70.6 Å². The van der Waals surface area contributed by atoms with E-state index in [2.05, 4.69) is 15.5 Å². The predicted molar refractivity (Wildman–Crippen MR) is 94.9 cm³/mol. The summed E-state index contributed by atoms with van der Waals surface area (Å²) in [5.74, 6) is 0. The Balaban J connectivity index is 1.64. The average Bonchev–Trinajstić information content (AvgIpc) is 3.04. The van der Waals surface area contributed by atoms with Crippen molar-refractivity contribution in [3.63, 3.8) is 0 Å². The number of aromatic nitrogens is 1. The molecule has 3 nitrogen and oxygen atoms in total. The Morgan fingerprint density at radius 3 is 2.36 bits per heavy atom. The third-order valence-corrected chi connectivity index (χ3v) is 4.21. The van der Waals surface area contributed by atoms with Gasteiger partial charge in [-0.05, 0) is 24.6 Å². The van der Waals surface area contributed by atoms with Gasteiger partial charge in [-0.25, -0.2) is 4.98 Å². The summed E-state index contributed by atoms with van der Waals surface area (Å²) in [4.78, 5) is 4.43. The fourth-order valence-corrected chi connectivity index (χ4v) is 2.77. The van der Waals surface area contributed by atoms with Crippen molar-refractivity contribution in [1.82, 2.24) is 4.98 Å². The molecule has 1 aromatic heterocycles. The summed E-state index contributed by atoms with van der Waals surface area (Å²) in [5.41, 5.74) is 5.72. The Morgan fingerprint density at radius 2 is 1.72 bits per heavy atom. The fourth-order valence-electron chi connectivity index (χ4n) is 2.10. The molecular weight excluding hydrogens is 347 g/mol. The van der Waals surface area contributed by atoms with Crippen LogP contribution in [0.25, 0.3) is 11.3 Å². The second-order valence-corrected chi connectivity index (χ2v) is 6.25. The molecule has 0 bridgehead atoms. The Kier molecular flexibility index (Phi) is 4.85. The second-order valence-electron chi connectivity index (χ2n) is 5.39. The highest BCUT2D eigenvalue weighted by atomic mass is 32.1. The predicted octanol–water partition coefficient (Wildman–Crippen LogP) is 5.58. The third kappa shape index (κ3) is 4.45. The van der Waals surface area contributed by atoms with Gasteiger partial charge in [-0.3, -0.25) is 5.43 Å². The topological polar surface area (TPSA) is 37.3 Å². The number of rotatable bonds is 4. The lowest BCUT2D eigenvalue weighted by atomic mass is 10.1. The van der Waals surface area contributed by atoms with Gasteiger partial charge in [0.15, 0.2) is 0 Å². The summed E-state index contributed by atoms with van der Waals surface area (Å²) in [7, 11) is 0. The molecule has 25 heavy (non-hydrogen) atoms. The molecule has 0 atom stereocenters. The number of hydrogen-bond donors (Lipinski definition) is 1. The lowest BCUT2D eigenvalue weighted by Crippen LogP contribution is -2.04. The number of hydrogen-bond acceptors (Lipinski definition) is 4. The van der Waals surface area contributed by atoms with Crippen LogP contribution in [0.5, 0.6) is 0 Å². The summed E-state index contributed by atoms with van der Waals surface area (Å²) in [5, 5.41) is 6.54. The minimum Gasteiger partial charge on any atom is -0.253 e. The standard InChI is InChI=1S/C18H14F3N3S/c1-12-2-6-14(7-3-12)16-11-25-17(23-16)24-22-10-13-4-8-15(9-5-13)18(19,20)21/h2-11H,1H3,(H,23,24). The molecule has 0 saturated heterocycles. The molecular formula is C18H14F3N3S. The minimum absolute atomic E-state index is 0.566. The Hall–Kier alpha value is -2.67. The summed E-state index contributed by atoms with van der Waals surface area (Å²) >= 11 is 1.40. The molecule has 7 heteroatoms. The lowest BCUT2D eigenvalue weighted by Gasteiger charge is -2.05. The van der Waals surface area contributed by atoms with Crippen LogP contribution in [0.15, 0.2) is 59.0 Å². The van der Waals surface area contributed by atoms with Crippen LogP contribution in [0.3, 0.4) is 0 Å². The normalized spacial score (nSPS) is 11.8.